The number of rotatable bonds is 5. The van der Waals surface area contributed by atoms with Gasteiger partial charge in [0, 0.05) is 24.9 Å². The Morgan fingerprint density at radius 3 is 2.55 bits per heavy atom. The van der Waals surface area contributed by atoms with Gasteiger partial charge in [-0.1, -0.05) is 19.0 Å². The first kappa shape index (κ1) is 15.4. The van der Waals surface area contributed by atoms with Crippen LogP contribution >= 0.6 is 0 Å². The third-order valence-electron chi connectivity index (χ3n) is 4.07. The zero-order chi connectivity index (χ0) is 14.8. The largest absolute Gasteiger partial charge is 0.339 e. The molecule has 0 spiro atoms. The van der Waals surface area contributed by atoms with E-state index in [0.29, 0.717) is 24.9 Å². The monoisotopic (exact) mass is 301 g/mol. The Hall–Kier alpha value is -0.950. The van der Waals surface area contributed by atoms with Gasteiger partial charge in [0.2, 0.25) is 15.9 Å². The lowest BCUT2D eigenvalue weighted by atomic mass is 9.98. The van der Waals surface area contributed by atoms with Crippen molar-refractivity contribution in [3.8, 4) is 0 Å². The number of aromatic nitrogens is 2. The normalized spacial score (nSPS) is 20.1. The molecule has 0 aromatic carbocycles. The standard InChI is InChI=1S/C13H23N3O3S/c1-4-10(3)12-14-13(19-15-12)11-6-8-16(9-7-11)20(17,18)5-2/h10-11H,4-9H2,1-3H3/t10-/m0/s1. The van der Waals surface area contributed by atoms with Crippen molar-refractivity contribution >= 4 is 10.0 Å². The number of hydrogen-bond acceptors (Lipinski definition) is 5. The first-order valence-electron chi connectivity index (χ1n) is 7.29. The summed E-state index contributed by atoms with van der Waals surface area (Å²) in [4.78, 5) is 4.47. The van der Waals surface area contributed by atoms with Crippen LogP contribution in [-0.4, -0.2) is 41.7 Å². The molecule has 0 saturated carbocycles. The zero-order valence-electron chi connectivity index (χ0n) is 12.4. The molecule has 114 valence electrons. The van der Waals surface area contributed by atoms with Crippen molar-refractivity contribution in [1.82, 2.24) is 14.4 Å². The summed E-state index contributed by atoms with van der Waals surface area (Å²) in [6.45, 7) is 6.93. The lowest BCUT2D eigenvalue weighted by Crippen LogP contribution is -2.38. The van der Waals surface area contributed by atoms with Gasteiger partial charge < -0.3 is 4.52 Å². The SMILES string of the molecule is CC[C@H](C)c1noc(C2CCN(S(=O)(=O)CC)CC2)n1. The summed E-state index contributed by atoms with van der Waals surface area (Å²) in [5.41, 5.74) is 0. The van der Waals surface area contributed by atoms with Gasteiger partial charge in [0.25, 0.3) is 0 Å². The third kappa shape index (κ3) is 3.20. The van der Waals surface area contributed by atoms with E-state index >= 15 is 0 Å². The van der Waals surface area contributed by atoms with E-state index in [2.05, 4.69) is 24.0 Å². The van der Waals surface area contributed by atoms with E-state index < -0.39 is 10.0 Å². The van der Waals surface area contributed by atoms with Crippen molar-refractivity contribution in [3.05, 3.63) is 11.7 Å². The summed E-state index contributed by atoms with van der Waals surface area (Å²) in [5.74, 6) is 2.06. The van der Waals surface area contributed by atoms with Gasteiger partial charge in [-0.25, -0.2) is 12.7 Å². The van der Waals surface area contributed by atoms with E-state index in [1.165, 1.54) is 0 Å². The van der Waals surface area contributed by atoms with Gasteiger partial charge in [-0.05, 0) is 26.2 Å². The van der Waals surface area contributed by atoms with Crippen molar-refractivity contribution < 1.29 is 12.9 Å². The fraction of sp³-hybridized carbons (Fsp3) is 0.846. The van der Waals surface area contributed by atoms with Crippen LogP contribution in [0.1, 0.15) is 63.6 Å². The maximum Gasteiger partial charge on any atom is 0.229 e. The van der Waals surface area contributed by atoms with Crippen LogP contribution in [-0.2, 0) is 10.0 Å². The molecule has 1 aromatic rings. The smallest absolute Gasteiger partial charge is 0.229 e. The number of nitrogens with zero attached hydrogens (tertiary/aromatic N) is 3. The molecule has 7 heteroatoms. The predicted octanol–water partition coefficient (Wildman–Crippen LogP) is 2.11. The quantitative estimate of drug-likeness (QED) is 0.832. The lowest BCUT2D eigenvalue weighted by Gasteiger charge is -2.29. The molecule has 6 nitrogen and oxygen atoms in total. The fourth-order valence-corrected chi connectivity index (χ4v) is 3.49. The molecule has 0 bridgehead atoms. The molecular weight excluding hydrogens is 278 g/mol. The molecule has 0 unspecified atom stereocenters. The minimum atomic E-state index is -3.07. The Balaban J connectivity index is 1.99. The molecule has 0 N–H and O–H groups in total. The maximum atomic E-state index is 11.8. The average molecular weight is 301 g/mol. The van der Waals surface area contributed by atoms with Crippen molar-refractivity contribution in [2.24, 2.45) is 0 Å². The molecule has 2 rings (SSSR count). The lowest BCUT2D eigenvalue weighted by molar-refractivity contribution is 0.270. The van der Waals surface area contributed by atoms with Gasteiger partial charge in [-0.3, -0.25) is 0 Å². The molecule has 1 fully saturated rings. The Labute approximate surface area is 120 Å². The highest BCUT2D eigenvalue weighted by Gasteiger charge is 2.30. The maximum absolute atomic E-state index is 11.8. The summed E-state index contributed by atoms with van der Waals surface area (Å²) in [6, 6.07) is 0. The molecule has 0 amide bonds. The van der Waals surface area contributed by atoms with E-state index in [4.69, 9.17) is 4.52 Å². The van der Waals surface area contributed by atoms with Crippen molar-refractivity contribution in [2.45, 2.75) is 51.9 Å². The summed E-state index contributed by atoms with van der Waals surface area (Å²) < 4.78 is 30.5. The molecule has 2 heterocycles. The predicted molar refractivity (Wildman–Crippen MR) is 76.0 cm³/mol. The van der Waals surface area contributed by atoms with Crippen LogP contribution in [0.5, 0.6) is 0 Å². The van der Waals surface area contributed by atoms with Crippen LogP contribution in [0.4, 0.5) is 0 Å². The third-order valence-corrected chi connectivity index (χ3v) is 5.95. The fourth-order valence-electron chi connectivity index (χ4n) is 2.36. The van der Waals surface area contributed by atoms with Gasteiger partial charge in [0.05, 0.1) is 5.75 Å². The second-order valence-corrected chi connectivity index (χ2v) is 7.63. The van der Waals surface area contributed by atoms with Gasteiger partial charge in [-0.2, -0.15) is 4.98 Å². The van der Waals surface area contributed by atoms with E-state index in [1.807, 2.05) is 0 Å². The van der Waals surface area contributed by atoms with Crippen molar-refractivity contribution in [3.63, 3.8) is 0 Å². The minimum Gasteiger partial charge on any atom is -0.339 e. The van der Waals surface area contributed by atoms with Gasteiger partial charge in [0.15, 0.2) is 5.82 Å². The van der Waals surface area contributed by atoms with Gasteiger partial charge >= 0.3 is 0 Å². The summed E-state index contributed by atoms with van der Waals surface area (Å²) in [6.07, 6.45) is 2.48. The van der Waals surface area contributed by atoms with Gasteiger partial charge in [-0.15, -0.1) is 0 Å². The Morgan fingerprint density at radius 2 is 2.00 bits per heavy atom. The molecule has 0 radical (unpaired) electrons. The molecule has 1 aliphatic heterocycles. The van der Waals surface area contributed by atoms with E-state index in [-0.39, 0.29) is 11.7 Å². The average Bonchev–Trinajstić information content (AvgIpc) is 2.96. The second-order valence-electron chi connectivity index (χ2n) is 5.37. The van der Waals surface area contributed by atoms with Crippen molar-refractivity contribution in [2.75, 3.05) is 18.8 Å². The summed E-state index contributed by atoms with van der Waals surface area (Å²) >= 11 is 0. The molecule has 1 aromatic heterocycles. The first-order chi connectivity index (χ1) is 9.47. The van der Waals surface area contributed by atoms with E-state index in [1.54, 1.807) is 11.2 Å². The number of sulfonamides is 1. The van der Waals surface area contributed by atoms with Crippen LogP contribution < -0.4 is 0 Å². The Kier molecular flexibility index (Phi) is 4.80. The van der Waals surface area contributed by atoms with E-state index in [9.17, 15) is 8.42 Å². The summed E-state index contributed by atoms with van der Waals surface area (Å²) in [5, 5.41) is 4.03. The topological polar surface area (TPSA) is 76.3 Å². The van der Waals surface area contributed by atoms with Crippen molar-refractivity contribution in [1.29, 1.82) is 0 Å². The minimum absolute atomic E-state index is 0.163. The Bertz CT molecular complexity index is 533. The first-order valence-corrected chi connectivity index (χ1v) is 8.90. The second kappa shape index (κ2) is 6.22. The molecule has 1 saturated heterocycles. The molecular formula is C13H23N3O3S. The Morgan fingerprint density at radius 1 is 1.35 bits per heavy atom. The molecule has 1 aliphatic rings. The number of piperidine rings is 1. The van der Waals surface area contributed by atoms with Crippen LogP contribution in [0.2, 0.25) is 0 Å². The highest BCUT2D eigenvalue weighted by molar-refractivity contribution is 7.89. The van der Waals surface area contributed by atoms with Crippen LogP contribution in [0.3, 0.4) is 0 Å². The highest BCUT2D eigenvalue weighted by Crippen LogP contribution is 2.29. The molecule has 20 heavy (non-hydrogen) atoms. The van der Waals surface area contributed by atoms with Gasteiger partial charge in [0.1, 0.15) is 0 Å². The highest BCUT2D eigenvalue weighted by atomic mass is 32.2. The van der Waals surface area contributed by atoms with Crippen LogP contribution in [0.25, 0.3) is 0 Å². The van der Waals surface area contributed by atoms with Crippen LogP contribution in [0.15, 0.2) is 4.52 Å². The molecule has 1 atom stereocenters. The number of hydrogen-bond donors (Lipinski definition) is 0. The summed E-state index contributed by atoms with van der Waals surface area (Å²) in [7, 11) is -3.07. The van der Waals surface area contributed by atoms with E-state index in [0.717, 1.165) is 25.1 Å². The van der Waals surface area contributed by atoms with Crippen LogP contribution in [0, 0.1) is 0 Å². The zero-order valence-corrected chi connectivity index (χ0v) is 13.2. The molecule has 0 aliphatic carbocycles.